The highest BCUT2D eigenvalue weighted by atomic mass is 16.6. The van der Waals surface area contributed by atoms with Gasteiger partial charge in [0.05, 0.1) is 31.0 Å². The molecule has 0 radical (unpaired) electrons. The Labute approximate surface area is 283 Å². The van der Waals surface area contributed by atoms with Gasteiger partial charge in [0.2, 0.25) is 11.8 Å². The van der Waals surface area contributed by atoms with Crippen LogP contribution in [-0.2, 0) is 25.7 Å². The number of benzene rings is 3. The third-order valence-electron chi connectivity index (χ3n) is 9.20. The SMILES string of the molecule is Cc1ccc2ccccc2c1CN1C(=O)[C@@H](NC(=O)[C@H](C)N(C)C(=O)OC(C)(C)C)CN(C(=O)CN2CCN(C)CC2)c2ccccc21. The Kier molecular flexibility index (Phi) is 10.4. The van der Waals surface area contributed by atoms with Gasteiger partial charge < -0.3 is 24.8 Å². The quantitative estimate of drug-likeness (QED) is 0.410. The molecule has 0 bridgehead atoms. The molecular weight excluding hydrogens is 608 g/mol. The number of hydrogen-bond donors (Lipinski definition) is 1. The standard InChI is InChI=1S/C37H48N6O5/c1-25-16-17-27-12-8-9-13-28(27)29(25)22-43-32-15-11-10-14-31(32)42(33(44)24-41-20-18-39(6)19-21-41)23-30(35(43)46)38-34(45)26(2)40(7)36(47)48-37(3,4)5/h8-17,26,30H,18-24H2,1-7H3,(H,38,45)/t26-,30-/m0/s1. The predicted molar refractivity (Wildman–Crippen MR) is 188 cm³/mol. The van der Waals surface area contributed by atoms with E-state index in [1.54, 1.807) is 37.5 Å². The number of amides is 4. The highest BCUT2D eigenvalue weighted by molar-refractivity contribution is 6.09. The molecule has 4 amide bonds. The molecule has 0 aromatic heterocycles. The van der Waals surface area contributed by atoms with E-state index in [1.165, 1.54) is 11.9 Å². The van der Waals surface area contributed by atoms with Crippen molar-refractivity contribution in [2.45, 2.75) is 58.8 Å². The summed E-state index contributed by atoms with van der Waals surface area (Å²) in [5.41, 5.74) is 2.47. The van der Waals surface area contributed by atoms with Gasteiger partial charge in [0.15, 0.2) is 0 Å². The fraction of sp³-hybridized carbons (Fsp3) is 0.459. The molecule has 11 nitrogen and oxygen atoms in total. The summed E-state index contributed by atoms with van der Waals surface area (Å²) in [5.74, 6) is -1.02. The number of fused-ring (bicyclic) bond motifs is 2. The van der Waals surface area contributed by atoms with Gasteiger partial charge in [0, 0.05) is 33.2 Å². The highest BCUT2D eigenvalue weighted by Crippen LogP contribution is 2.36. The number of piperazine rings is 1. The Morgan fingerprint density at radius 2 is 1.60 bits per heavy atom. The fourth-order valence-electron chi connectivity index (χ4n) is 6.15. The Morgan fingerprint density at radius 3 is 2.29 bits per heavy atom. The minimum absolute atomic E-state index is 0.0535. The van der Waals surface area contributed by atoms with Crippen LogP contribution in [0.4, 0.5) is 16.2 Å². The summed E-state index contributed by atoms with van der Waals surface area (Å²) in [6, 6.07) is 17.6. The van der Waals surface area contributed by atoms with E-state index >= 15 is 0 Å². The van der Waals surface area contributed by atoms with Crippen LogP contribution in [0.25, 0.3) is 10.8 Å². The zero-order valence-electron chi connectivity index (χ0n) is 29.2. The van der Waals surface area contributed by atoms with Gasteiger partial charge in [-0.1, -0.05) is 48.5 Å². The van der Waals surface area contributed by atoms with E-state index in [9.17, 15) is 19.2 Å². The molecule has 1 N–H and O–H groups in total. The summed E-state index contributed by atoms with van der Waals surface area (Å²) in [4.78, 5) is 64.2. The van der Waals surface area contributed by atoms with Crippen molar-refractivity contribution in [2.24, 2.45) is 0 Å². The van der Waals surface area contributed by atoms with Gasteiger partial charge in [0.25, 0.3) is 5.91 Å². The number of carbonyl (C=O) groups excluding carboxylic acids is 4. The van der Waals surface area contributed by atoms with E-state index in [-0.39, 0.29) is 31.4 Å². The van der Waals surface area contributed by atoms with E-state index in [2.05, 4.69) is 28.2 Å². The van der Waals surface area contributed by atoms with E-state index in [0.717, 1.165) is 48.1 Å². The molecule has 1 saturated heterocycles. The molecule has 256 valence electrons. The van der Waals surface area contributed by atoms with Gasteiger partial charge >= 0.3 is 6.09 Å². The van der Waals surface area contributed by atoms with Gasteiger partial charge in [-0.3, -0.25) is 24.2 Å². The van der Waals surface area contributed by atoms with Crippen LogP contribution >= 0.6 is 0 Å². The number of aryl methyl sites for hydroxylation is 1. The number of ether oxygens (including phenoxy) is 1. The van der Waals surface area contributed by atoms with Crippen LogP contribution in [0, 0.1) is 6.92 Å². The lowest BCUT2D eigenvalue weighted by Crippen LogP contribution is -2.57. The molecule has 2 atom stereocenters. The Hall–Kier alpha value is -4.48. The summed E-state index contributed by atoms with van der Waals surface area (Å²) in [7, 11) is 3.56. The predicted octanol–water partition coefficient (Wildman–Crippen LogP) is 4.02. The largest absolute Gasteiger partial charge is 0.444 e. The minimum atomic E-state index is -1.08. The number of hydrogen-bond acceptors (Lipinski definition) is 7. The lowest BCUT2D eigenvalue weighted by atomic mass is 9.99. The maximum atomic E-state index is 14.7. The van der Waals surface area contributed by atoms with Crippen molar-refractivity contribution < 1.29 is 23.9 Å². The molecule has 11 heteroatoms. The fourth-order valence-corrected chi connectivity index (χ4v) is 6.15. The molecule has 0 saturated carbocycles. The van der Waals surface area contributed by atoms with Crippen molar-refractivity contribution in [1.82, 2.24) is 20.0 Å². The topological polar surface area (TPSA) is 106 Å². The first-order valence-electron chi connectivity index (χ1n) is 16.6. The second-order valence-electron chi connectivity index (χ2n) is 13.9. The van der Waals surface area contributed by atoms with Crippen LogP contribution in [0.1, 0.15) is 38.8 Å². The van der Waals surface area contributed by atoms with Gasteiger partial charge in [-0.25, -0.2) is 4.79 Å². The average Bonchev–Trinajstić information content (AvgIpc) is 3.16. The molecule has 1 fully saturated rings. The zero-order valence-corrected chi connectivity index (χ0v) is 29.2. The number of anilines is 2. The number of nitrogens with zero attached hydrogens (tertiary/aromatic N) is 5. The van der Waals surface area contributed by atoms with E-state index in [1.807, 2.05) is 61.5 Å². The Morgan fingerprint density at radius 1 is 0.958 bits per heavy atom. The van der Waals surface area contributed by atoms with Crippen LogP contribution in [0.3, 0.4) is 0 Å². The normalized spacial score (nSPS) is 18.2. The maximum Gasteiger partial charge on any atom is 0.410 e. The molecular formula is C37H48N6O5. The molecule has 3 aromatic rings. The average molecular weight is 657 g/mol. The molecule has 2 aliphatic rings. The summed E-state index contributed by atoms with van der Waals surface area (Å²) < 4.78 is 5.47. The van der Waals surface area contributed by atoms with Crippen LogP contribution in [0.15, 0.2) is 60.7 Å². The molecule has 5 rings (SSSR count). The summed E-state index contributed by atoms with van der Waals surface area (Å²) in [5, 5.41) is 5.00. The van der Waals surface area contributed by atoms with E-state index in [0.29, 0.717) is 11.4 Å². The van der Waals surface area contributed by atoms with Gasteiger partial charge in [-0.15, -0.1) is 0 Å². The number of para-hydroxylation sites is 2. The number of carbonyl (C=O) groups is 4. The van der Waals surface area contributed by atoms with Crippen molar-refractivity contribution in [3.05, 3.63) is 71.8 Å². The maximum absolute atomic E-state index is 14.7. The first-order valence-corrected chi connectivity index (χ1v) is 16.6. The van der Waals surface area contributed by atoms with Crippen molar-refractivity contribution in [3.8, 4) is 0 Å². The molecule has 48 heavy (non-hydrogen) atoms. The van der Waals surface area contributed by atoms with E-state index in [4.69, 9.17) is 4.74 Å². The van der Waals surface area contributed by atoms with Gasteiger partial charge in [0.1, 0.15) is 17.7 Å². The van der Waals surface area contributed by atoms with Crippen LogP contribution in [-0.4, -0.2) is 110 Å². The van der Waals surface area contributed by atoms with Crippen molar-refractivity contribution in [3.63, 3.8) is 0 Å². The Bertz CT molecular complexity index is 1680. The molecule has 2 aliphatic heterocycles. The van der Waals surface area contributed by atoms with Gasteiger partial charge in [-0.05, 0) is 75.7 Å². The molecule has 0 unspecified atom stereocenters. The highest BCUT2D eigenvalue weighted by Gasteiger charge is 2.39. The summed E-state index contributed by atoms with van der Waals surface area (Å²) in [6.07, 6.45) is -0.651. The van der Waals surface area contributed by atoms with Crippen molar-refractivity contribution in [2.75, 3.05) is 63.2 Å². The third-order valence-corrected chi connectivity index (χ3v) is 9.20. The summed E-state index contributed by atoms with van der Waals surface area (Å²) in [6.45, 7) is 12.5. The van der Waals surface area contributed by atoms with Crippen molar-refractivity contribution in [1.29, 1.82) is 0 Å². The number of rotatable bonds is 7. The monoisotopic (exact) mass is 656 g/mol. The first kappa shape index (κ1) is 34.8. The number of nitrogens with one attached hydrogen (secondary N) is 1. The minimum Gasteiger partial charge on any atom is -0.444 e. The lowest BCUT2D eigenvalue weighted by molar-refractivity contribution is -0.130. The van der Waals surface area contributed by atoms with Gasteiger partial charge in [-0.2, -0.15) is 0 Å². The second-order valence-corrected chi connectivity index (χ2v) is 13.9. The first-order chi connectivity index (χ1) is 22.7. The van der Waals surface area contributed by atoms with Crippen LogP contribution in [0.5, 0.6) is 0 Å². The van der Waals surface area contributed by atoms with Crippen LogP contribution < -0.4 is 15.1 Å². The van der Waals surface area contributed by atoms with Crippen LogP contribution in [0.2, 0.25) is 0 Å². The third kappa shape index (κ3) is 7.79. The lowest BCUT2D eigenvalue weighted by Gasteiger charge is -2.34. The smallest absolute Gasteiger partial charge is 0.410 e. The summed E-state index contributed by atoms with van der Waals surface area (Å²) >= 11 is 0. The molecule has 3 aromatic carbocycles. The van der Waals surface area contributed by atoms with E-state index < -0.39 is 29.7 Å². The Balaban J connectivity index is 1.51. The molecule has 0 spiro atoms. The molecule has 0 aliphatic carbocycles. The number of likely N-dealkylation sites (N-methyl/N-ethyl adjacent to an activating group) is 2. The van der Waals surface area contributed by atoms with Crippen molar-refractivity contribution >= 4 is 46.0 Å². The zero-order chi connectivity index (χ0) is 34.7. The second kappa shape index (κ2) is 14.3. The molecule has 2 heterocycles.